The lowest BCUT2D eigenvalue weighted by atomic mass is 10.1. The molecule has 0 atom stereocenters. The fourth-order valence-electron chi connectivity index (χ4n) is 1.51. The first kappa shape index (κ1) is 11.9. The average Bonchev–Trinajstić information content (AvgIpc) is 2.35. The molecule has 0 N–H and O–H groups in total. The SMILES string of the molecule is C=C(CCl)COc1ccc2ccc(F)cc2c1. The van der Waals surface area contributed by atoms with Gasteiger partial charge in [-0.15, -0.1) is 11.6 Å². The van der Waals surface area contributed by atoms with Gasteiger partial charge in [-0.2, -0.15) is 0 Å². The highest BCUT2D eigenvalue weighted by molar-refractivity contribution is 6.19. The molecule has 1 nitrogen and oxygen atoms in total. The second-order valence-electron chi connectivity index (χ2n) is 3.83. The van der Waals surface area contributed by atoms with Gasteiger partial charge in [0, 0.05) is 5.88 Å². The van der Waals surface area contributed by atoms with E-state index in [0.29, 0.717) is 18.2 Å². The predicted octanol–water partition coefficient (Wildman–Crippen LogP) is 4.15. The molecule has 2 aromatic rings. The monoisotopic (exact) mass is 250 g/mol. The van der Waals surface area contributed by atoms with Crippen molar-refractivity contribution in [2.75, 3.05) is 12.5 Å². The van der Waals surface area contributed by atoms with Crippen LogP contribution in [-0.4, -0.2) is 12.5 Å². The van der Waals surface area contributed by atoms with Crippen LogP contribution in [0.15, 0.2) is 48.6 Å². The van der Waals surface area contributed by atoms with Crippen molar-refractivity contribution in [3.05, 3.63) is 54.4 Å². The van der Waals surface area contributed by atoms with Gasteiger partial charge in [-0.1, -0.05) is 18.7 Å². The zero-order chi connectivity index (χ0) is 12.3. The molecule has 0 heterocycles. The van der Waals surface area contributed by atoms with Crippen LogP contribution >= 0.6 is 11.6 Å². The summed E-state index contributed by atoms with van der Waals surface area (Å²) in [5.41, 5.74) is 0.811. The van der Waals surface area contributed by atoms with Gasteiger partial charge in [0.15, 0.2) is 0 Å². The summed E-state index contributed by atoms with van der Waals surface area (Å²) in [5.74, 6) is 0.816. The van der Waals surface area contributed by atoms with Crippen LogP contribution in [0.5, 0.6) is 5.75 Å². The Kier molecular flexibility index (Phi) is 3.64. The van der Waals surface area contributed by atoms with E-state index >= 15 is 0 Å². The highest BCUT2D eigenvalue weighted by Gasteiger charge is 2.00. The van der Waals surface area contributed by atoms with Crippen LogP contribution in [0.2, 0.25) is 0 Å². The molecule has 0 saturated heterocycles. The van der Waals surface area contributed by atoms with Crippen molar-refractivity contribution in [1.82, 2.24) is 0 Å². The molecule has 0 amide bonds. The van der Waals surface area contributed by atoms with Gasteiger partial charge in [-0.25, -0.2) is 4.39 Å². The third kappa shape index (κ3) is 2.98. The lowest BCUT2D eigenvalue weighted by molar-refractivity contribution is 0.353. The molecule has 3 heteroatoms. The third-order valence-electron chi connectivity index (χ3n) is 2.41. The van der Waals surface area contributed by atoms with Gasteiger partial charge < -0.3 is 4.74 Å². The molecule has 0 saturated carbocycles. The third-order valence-corrected chi connectivity index (χ3v) is 2.78. The van der Waals surface area contributed by atoms with Crippen molar-refractivity contribution >= 4 is 22.4 Å². The average molecular weight is 251 g/mol. The van der Waals surface area contributed by atoms with E-state index < -0.39 is 0 Å². The van der Waals surface area contributed by atoms with E-state index in [1.807, 2.05) is 12.1 Å². The maximum absolute atomic E-state index is 13.1. The number of fused-ring (bicyclic) bond motifs is 1. The smallest absolute Gasteiger partial charge is 0.123 e. The van der Waals surface area contributed by atoms with Crippen LogP contribution < -0.4 is 4.74 Å². The molecule has 0 aromatic heterocycles. The Morgan fingerprint density at radius 3 is 2.71 bits per heavy atom. The fraction of sp³-hybridized carbons (Fsp3) is 0.143. The molecular weight excluding hydrogens is 239 g/mol. The lowest BCUT2D eigenvalue weighted by Gasteiger charge is -2.07. The molecule has 88 valence electrons. The highest BCUT2D eigenvalue weighted by atomic mass is 35.5. The van der Waals surface area contributed by atoms with Crippen molar-refractivity contribution in [3.63, 3.8) is 0 Å². The summed E-state index contributed by atoms with van der Waals surface area (Å²) >= 11 is 5.60. The summed E-state index contributed by atoms with van der Waals surface area (Å²) < 4.78 is 18.6. The summed E-state index contributed by atoms with van der Waals surface area (Å²) in [6.07, 6.45) is 0. The number of hydrogen-bond donors (Lipinski definition) is 0. The predicted molar refractivity (Wildman–Crippen MR) is 69.3 cm³/mol. The van der Waals surface area contributed by atoms with Crippen LogP contribution in [0.4, 0.5) is 4.39 Å². The summed E-state index contributed by atoms with van der Waals surface area (Å²) in [5, 5.41) is 1.80. The number of hydrogen-bond acceptors (Lipinski definition) is 1. The number of benzene rings is 2. The summed E-state index contributed by atoms with van der Waals surface area (Å²) in [6.45, 7) is 4.13. The quantitative estimate of drug-likeness (QED) is 0.585. The molecule has 2 aromatic carbocycles. The molecule has 0 radical (unpaired) electrons. The minimum absolute atomic E-state index is 0.250. The minimum atomic E-state index is -0.250. The molecule has 0 fully saturated rings. The summed E-state index contributed by atoms with van der Waals surface area (Å²) in [7, 11) is 0. The molecule has 17 heavy (non-hydrogen) atoms. The molecule has 0 aliphatic rings. The molecule has 0 unspecified atom stereocenters. The first-order chi connectivity index (χ1) is 8.19. The number of rotatable bonds is 4. The number of ether oxygens (including phenoxy) is 1. The van der Waals surface area contributed by atoms with Gasteiger partial charge in [0.2, 0.25) is 0 Å². The van der Waals surface area contributed by atoms with E-state index in [9.17, 15) is 4.39 Å². The van der Waals surface area contributed by atoms with Crippen molar-refractivity contribution in [2.24, 2.45) is 0 Å². The zero-order valence-corrected chi connectivity index (χ0v) is 10.0. The van der Waals surface area contributed by atoms with Crippen LogP contribution in [0.3, 0.4) is 0 Å². The van der Waals surface area contributed by atoms with Gasteiger partial charge in [-0.3, -0.25) is 0 Å². The van der Waals surface area contributed by atoms with E-state index in [1.165, 1.54) is 12.1 Å². The van der Waals surface area contributed by atoms with Gasteiger partial charge in [0.1, 0.15) is 18.2 Å². The summed E-state index contributed by atoms with van der Waals surface area (Å²) in [4.78, 5) is 0. The molecule has 0 aliphatic carbocycles. The van der Waals surface area contributed by atoms with Gasteiger partial charge in [0.05, 0.1) is 0 Å². The maximum atomic E-state index is 13.1. The molecule has 0 bridgehead atoms. The number of alkyl halides is 1. The maximum Gasteiger partial charge on any atom is 0.123 e. The van der Waals surface area contributed by atoms with Crippen molar-refractivity contribution in [1.29, 1.82) is 0 Å². The van der Waals surface area contributed by atoms with Gasteiger partial charge in [-0.05, 0) is 40.6 Å². The lowest BCUT2D eigenvalue weighted by Crippen LogP contribution is -2.00. The van der Waals surface area contributed by atoms with E-state index in [4.69, 9.17) is 16.3 Å². The molecule has 0 aliphatic heterocycles. The second kappa shape index (κ2) is 5.19. The molecular formula is C14H12ClFO. The summed E-state index contributed by atoms with van der Waals surface area (Å²) in [6, 6.07) is 10.2. The van der Waals surface area contributed by atoms with Crippen molar-refractivity contribution in [2.45, 2.75) is 0 Å². The van der Waals surface area contributed by atoms with Crippen molar-refractivity contribution < 1.29 is 9.13 Å². The van der Waals surface area contributed by atoms with Crippen molar-refractivity contribution in [3.8, 4) is 5.75 Å². The second-order valence-corrected chi connectivity index (χ2v) is 4.09. The Bertz CT molecular complexity index is 551. The van der Waals surface area contributed by atoms with Crippen LogP contribution in [0, 0.1) is 5.82 Å². The van der Waals surface area contributed by atoms with E-state index in [-0.39, 0.29) is 5.82 Å². The Morgan fingerprint density at radius 2 is 1.94 bits per heavy atom. The minimum Gasteiger partial charge on any atom is -0.489 e. The zero-order valence-electron chi connectivity index (χ0n) is 9.25. The Hall–Kier alpha value is -1.54. The first-order valence-electron chi connectivity index (χ1n) is 5.24. The largest absolute Gasteiger partial charge is 0.489 e. The first-order valence-corrected chi connectivity index (χ1v) is 5.77. The Morgan fingerprint density at radius 1 is 1.18 bits per heavy atom. The standard InChI is InChI=1S/C14H12ClFO/c1-10(8-15)9-17-14-5-3-11-2-4-13(16)6-12(11)7-14/h2-7H,1,8-9H2. The Balaban J connectivity index is 2.22. The number of halogens is 2. The van der Waals surface area contributed by atoms with Crippen LogP contribution in [0.25, 0.3) is 10.8 Å². The van der Waals surface area contributed by atoms with E-state index in [1.54, 1.807) is 12.1 Å². The Labute approximate surface area is 104 Å². The highest BCUT2D eigenvalue weighted by Crippen LogP contribution is 2.22. The fourth-order valence-corrected chi connectivity index (χ4v) is 1.59. The molecule has 2 rings (SSSR count). The normalized spacial score (nSPS) is 10.5. The molecule has 0 spiro atoms. The van der Waals surface area contributed by atoms with E-state index in [0.717, 1.165) is 16.3 Å². The van der Waals surface area contributed by atoms with Gasteiger partial charge >= 0.3 is 0 Å². The van der Waals surface area contributed by atoms with Gasteiger partial charge in [0.25, 0.3) is 0 Å². The van der Waals surface area contributed by atoms with E-state index in [2.05, 4.69) is 6.58 Å². The van der Waals surface area contributed by atoms with Crippen LogP contribution in [0.1, 0.15) is 0 Å². The van der Waals surface area contributed by atoms with Crippen LogP contribution in [-0.2, 0) is 0 Å². The topological polar surface area (TPSA) is 9.23 Å².